The van der Waals surface area contributed by atoms with Crippen molar-refractivity contribution >= 4 is 23.2 Å². The van der Waals surface area contributed by atoms with Crippen LogP contribution >= 0.6 is 23.2 Å². The molecular weight excluding hydrogens is 296 g/mol. The molecular formula is C10H9Cl2F3O3. The summed E-state index contributed by atoms with van der Waals surface area (Å²) < 4.78 is 39.5. The number of rotatable bonds is 4. The van der Waals surface area contributed by atoms with Crippen molar-refractivity contribution in [2.45, 2.75) is 18.6 Å². The molecule has 0 radical (unpaired) electrons. The first kappa shape index (κ1) is 15.4. The van der Waals surface area contributed by atoms with E-state index >= 15 is 0 Å². The lowest BCUT2D eigenvalue weighted by molar-refractivity contribution is -0.274. The monoisotopic (exact) mass is 304 g/mol. The second kappa shape index (κ2) is 5.97. The van der Waals surface area contributed by atoms with Gasteiger partial charge in [-0.15, -0.1) is 24.8 Å². The zero-order valence-electron chi connectivity index (χ0n) is 8.79. The Hall–Kier alpha value is -0.690. The summed E-state index contributed by atoms with van der Waals surface area (Å²) in [4.78, 5) is 0. The molecule has 0 spiro atoms. The molecule has 8 heteroatoms. The third kappa shape index (κ3) is 4.20. The van der Waals surface area contributed by atoms with Crippen molar-refractivity contribution in [2.75, 3.05) is 5.88 Å². The molecule has 0 bridgehead atoms. The van der Waals surface area contributed by atoms with Crippen LogP contribution in [0.4, 0.5) is 13.2 Å². The van der Waals surface area contributed by atoms with Gasteiger partial charge in [0, 0.05) is 5.56 Å². The summed E-state index contributed by atoms with van der Waals surface area (Å²) in [6.45, 7) is 0. The van der Waals surface area contributed by atoms with Gasteiger partial charge in [-0.1, -0.05) is 17.7 Å². The van der Waals surface area contributed by atoms with Crippen molar-refractivity contribution in [2.24, 2.45) is 0 Å². The van der Waals surface area contributed by atoms with Gasteiger partial charge in [0.05, 0.1) is 17.0 Å². The summed E-state index contributed by atoms with van der Waals surface area (Å²) >= 11 is 11.0. The molecule has 1 rings (SSSR count). The Morgan fingerprint density at radius 1 is 1.28 bits per heavy atom. The number of aliphatic hydroxyl groups is 2. The lowest BCUT2D eigenvalue weighted by Crippen LogP contribution is -2.20. The summed E-state index contributed by atoms with van der Waals surface area (Å²) in [5, 5.41) is 18.8. The van der Waals surface area contributed by atoms with Gasteiger partial charge in [-0.3, -0.25) is 0 Å². The minimum absolute atomic E-state index is 0.0688. The van der Waals surface area contributed by atoms with Crippen LogP contribution in [0.5, 0.6) is 5.75 Å². The SMILES string of the molecule is OC(CCl)C(O)c1ccc(OC(F)(F)F)cc1Cl. The first-order chi connectivity index (χ1) is 8.24. The molecule has 2 atom stereocenters. The molecule has 18 heavy (non-hydrogen) atoms. The van der Waals surface area contributed by atoms with Crippen LogP contribution in [0.25, 0.3) is 0 Å². The van der Waals surface area contributed by atoms with Crippen molar-refractivity contribution in [1.82, 2.24) is 0 Å². The summed E-state index contributed by atoms with van der Waals surface area (Å²) in [6.07, 6.45) is -7.47. The fourth-order valence-electron chi connectivity index (χ4n) is 1.24. The van der Waals surface area contributed by atoms with Crippen molar-refractivity contribution < 1.29 is 28.1 Å². The minimum Gasteiger partial charge on any atom is -0.406 e. The minimum atomic E-state index is -4.82. The molecule has 1 aromatic carbocycles. The molecule has 0 heterocycles. The highest BCUT2D eigenvalue weighted by atomic mass is 35.5. The maximum absolute atomic E-state index is 11.9. The molecule has 0 aromatic heterocycles. The lowest BCUT2D eigenvalue weighted by atomic mass is 10.1. The van der Waals surface area contributed by atoms with Gasteiger partial charge in [-0.25, -0.2) is 0 Å². The number of benzene rings is 1. The Morgan fingerprint density at radius 3 is 2.33 bits per heavy atom. The number of halogens is 5. The van der Waals surface area contributed by atoms with Crippen LogP contribution in [-0.4, -0.2) is 28.6 Å². The second-order valence-electron chi connectivity index (χ2n) is 3.40. The normalized spacial score (nSPS) is 15.3. The van der Waals surface area contributed by atoms with Crippen molar-refractivity contribution in [3.63, 3.8) is 0 Å². The van der Waals surface area contributed by atoms with Crippen LogP contribution in [0, 0.1) is 0 Å². The van der Waals surface area contributed by atoms with Crippen LogP contribution in [0.3, 0.4) is 0 Å². The predicted molar refractivity (Wildman–Crippen MR) is 59.8 cm³/mol. The highest BCUT2D eigenvalue weighted by Gasteiger charge is 2.31. The molecule has 2 N–H and O–H groups in total. The van der Waals surface area contributed by atoms with E-state index in [4.69, 9.17) is 23.2 Å². The van der Waals surface area contributed by atoms with E-state index < -0.39 is 24.3 Å². The molecule has 0 saturated heterocycles. The molecule has 1 aromatic rings. The number of ether oxygens (including phenoxy) is 1. The summed E-state index contributed by atoms with van der Waals surface area (Å²) in [5.74, 6) is -0.748. The molecule has 0 fully saturated rings. The number of aliphatic hydroxyl groups excluding tert-OH is 2. The maximum atomic E-state index is 11.9. The van der Waals surface area contributed by atoms with Crippen LogP contribution in [0.1, 0.15) is 11.7 Å². The van der Waals surface area contributed by atoms with Gasteiger partial charge < -0.3 is 14.9 Å². The quantitative estimate of drug-likeness (QED) is 0.841. The molecule has 0 saturated carbocycles. The Labute approximate surface area is 111 Å². The first-order valence-corrected chi connectivity index (χ1v) is 5.63. The van der Waals surface area contributed by atoms with Gasteiger partial charge in [0.1, 0.15) is 11.9 Å². The molecule has 0 aliphatic rings. The maximum Gasteiger partial charge on any atom is 0.573 e. The van der Waals surface area contributed by atoms with E-state index in [0.29, 0.717) is 0 Å². The topological polar surface area (TPSA) is 49.7 Å². The molecule has 102 valence electrons. The molecule has 0 amide bonds. The average Bonchev–Trinajstić information content (AvgIpc) is 2.25. The van der Waals surface area contributed by atoms with E-state index in [9.17, 15) is 23.4 Å². The number of hydrogen-bond acceptors (Lipinski definition) is 3. The van der Waals surface area contributed by atoms with Crippen LogP contribution in [0.15, 0.2) is 18.2 Å². The van der Waals surface area contributed by atoms with E-state index in [0.717, 1.165) is 18.2 Å². The Balaban J connectivity index is 2.92. The average molecular weight is 305 g/mol. The van der Waals surface area contributed by atoms with Crippen LogP contribution < -0.4 is 4.74 Å². The van der Waals surface area contributed by atoms with Crippen molar-refractivity contribution in [3.05, 3.63) is 28.8 Å². The van der Waals surface area contributed by atoms with E-state index in [1.165, 1.54) is 0 Å². The Morgan fingerprint density at radius 2 is 1.89 bits per heavy atom. The fourth-order valence-corrected chi connectivity index (χ4v) is 1.69. The van der Waals surface area contributed by atoms with Crippen molar-refractivity contribution in [1.29, 1.82) is 0 Å². The van der Waals surface area contributed by atoms with E-state index in [1.807, 2.05) is 0 Å². The van der Waals surface area contributed by atoms with E-state index in [1.54, 1.807) is 0 Å². The zero-order chi connectivity index (χ0) is 13.9. The molecule has 3 nitrogen and oxygen atoms in total. The first-order valence-electron chi connectivity index (χ1n) is 4.72. The van der Waals surface area contributed by atoms with Gasteiger partial charge in [-0.05, 0) is 12.1 Å². The Kier molecular flexibility index (Phi) is 5.10. The number of alkyl halides is 4. The fraction of sp³-hybridized carbons (Fsp3) is 0.400. The molecule has 0 aliphatic heterocycles. The highest BCUT2D eigenvalue weighted by molar-refractivity contribution is 6.31. The molecule has 0 aliphatic carbocycles. The van der Waals surface area contributed by atoms with Gasteiger partial charge in [0.25, 0.3) is 0 Å². The van der Waals surface area contributed by atoms with E-state index in [-0.39, 0.29) is 16.5 Å². The Bertz CT molecular complexity index is 412. The predicted octanol–water partition coefficient (Wildman–Crippen LogP) is 2.87. The van der Waals surface area contributed by atoms with Crippen LogP contribution in [0.2, 0.25) is 5.02 Å². The van der Waals surface area contributed by atoms with E-state index in [2.05, 4.69) is 4.74 Å². The van der Waals surface area contributed by atoms with Crippen molar-refractivity contribution in [3.8, 4) is 5.75 Å². The van der Waals surface area contributed by atoms with Gasteiger partial charge in [0.15, 0.2) is 0 Å². The smallest absolute Gasteiger partial charge is 0.406 e. The second-order valence-corrected chi connectivity index (χ2v) is 4.11. The zero-order valence-corrected chi connectivity index (χ0v) is 10.3. The third-order valence-electron chi connectivity index (χ3n) is 2.05. The van der Waals surface area contributed by atoms with Gasteiger partial charge >= 0.3 is 6.36 Å². The van der Waals surface area contributed by atoms with Crippen LogP contribution in [-0.2, 0) is 0 Å². The standard InChI is InChI=1S/C10H9Cl2F3O3/c11-4-8(16)9(17)6-2-1-5(3-7(6)12)18-10(13,14)15/h1-3,8-9,16-17H,4H2. The van der Waals surface area contributed by atoms with Gasteiger partial charge in [0.2, 0.25) is 0 Å². The largest absolute Gasteiger partial charge is 0.573 e. The number of hydrogen-bond donors (Lipinski definition) is 2. The third-order valence-corrected chi connectivity index (χ3v) is 2.69. The lowest BCUT2D eigenvalue weighted by Gasteiger charge is -2.18. The summed E-state index contributed by atoms with van der Waals surface area (Å²) in [7, 11) is 0. The highest BCUT2D eigenvalue weighted by Crippen LogP contribution is 2.31. The van der Waals surface area contributed by atoms with Gasteiger partial charge in [-0.2, -0.15) is 0 Å². The molecule has 2 unspecified atom stereocenters. The summed E-state index contributed by atoms with van der Waals surface area (Å²) in [6, 6.07) is 3.01. The summed E-state index contributed by atoms with van der Waals surface area (Å²) in [5.41, 5.74) is 0.0688.